The number of nitrogens with zero attached hydrogens (tertiary/aromatic N) is 1. The molecule has 1 aliphatic heterocycles. The molecular formula is C23H26BrNO. The molecule has 1 saturated heterocycles. The molecule has 2 nitrogen and oxygen atoms in total. The Morgan fingerprint density at radius 2 is 2.04 bits per heavy atom. The summed E-state index contributed by atoms with van der Waals surface area (Å²) in [6.07, 6.45) is 5.76. The summed E-state index contributed by atoms with van der Waals surface area (Å²) in [5, 5.41) is 10.1. The van der Waals surface area contributed by atoms with Crippen LogP contribution in [0.5, 0.6) is 5.75 Å². The van der Waals surface area contributed by atoms with E-state index in [0.29, 0.717) is 11.7 Å². The maximum Gasteiger partial charge on any atom is 0.115 e. The summed E-state index contributed by atoms with van der Waals surface area (Å²) < 4.78 is 1.13. The molecule has 1 N–H and O–H groups in total. The van der Waals surface area contributed by atoms with Gasteiger partial charge in [-0.2, -0.15) is 0 Å². The fourth-order valence-electron chi connectivity index (χ4n) is 4.86. The second-order valence-electron chi connectivity index (χ2n) is 7.70. The molecule has 0 spiro atoms. The monoisotopic (exact) mass is 411 g/mol. The van der Waals surface area contributed by atoms with E-state index in [1.165, 1.54) is 16.7 Å². The molecular weight excluding hydrogens is 386 g/mol. The SMILES string of the molecule is CCN1CC[C@]2(c3cccc(O)c3)CC(c3cccc(Br)c3)=CC[C@H]2C1. The predicted molar refractivity (Wildman–Crippen MR) is 111 cm³/mol. The van der Waals surface area contributed by atoms with Gasteiger partial charge in [0.25, 0.3) is 0 Å². The van der Waals surface area contributed by atoms with Crippen molar-refractivity contribution in [3.63, 3.8) is 0 Å². The molecule has 2 aliphatic rings. The summed E-state index contributed by atoms with van der Waals surface area (Å²) in [7, 11) is 0. The third-order valence-corrected chi connectivity index (χ3v) is 6.85. The summed E-state index contributed by atoms with van der Waals surface area (Å²) >= 11 is 3.62. The van der Waals surface area contributed by atoms with E-state index in [1.807, 2.05) is 12.1 Å². The zero-order valence-corrected chi connectivity index (χ0v) is 16.9. The van der Waals surface area contributed by atoms with Gasteiger partial charge in [-0.25, -0.2) is 0 Å². The fourth-order valence-corrected chi connectivity index (χ4v) is 5.26. The molecule has 2 atom stereocenters. The molecule has 2 aromatic rings. The number of hydrogen-bond acceptors (Lipinski definition) is 2. The van der Waals surface area contributed by atoms with Gasteiger partial charge in [-0.1, -0.05) is 53.2 Å². The zero-order valence-electron chi connectivity index (χ0n) is 15.3. The van der Waals surface area contributed by atoms with Crippen LogP contribution < -0.4 is 0 Å². The summed E-state index contributed by atoms with van der Waals surface area (Å²) in [5.74, 6) is 0.987. The quantitative estimate of drug-likeness (QED) is 0.708. The summed E-state index contributed by atoms with van der Waals surface area (Å²) in [6.45, 7) is 5.66. The Hall–Kier alpha value is -1.58. The maximum atomic E-state index is 10.1. The number of benzene rings is 2. The molecule has 0 bridgehead atoms. The Morgan fingerprint density at radius 3 is 2.81 bits per heavy atom. The molecule has 1 heterocycles. The minimum absolute atomic E-state index is 0.122. The molecule has 2 aromatic carbocycles. The van der Waals surface area contributed by atoms with Crippen molar-refractivity contribution in [3.05, 3.63) is 70.2 Å². The van der Waals surface area contributed by atoms with Crippen molar-refractivity contribution in [2.45, 2.75) is 31.6 Å². The molecule has 0 amide bonds. The van der Waals surface area contributed by atoms with E-state index in [0.717, 1.165) is 43.4 Å². The Kier molecular flexibility index (Phi) is 4.94. The molecule has 0 unspecified atom stereocenters. The van der Waals surface area contributed by atoms with Gasteiger partial charge in [-0.3, -0.25) is 0 Å². The second-order valence-corrected chi connectivity index (χ2v) is 8.61. The van der Waals surface area contributed by atoms with Crippen LogP contribution in [0.15, 0.2) is 59.1 Å². The van der Waals surface area contributed by atoms with Crippen LogP contribution in [0.3, 0.4) is 0 Å². The fraction of sp³-hybridized carbons (Fsp3) is 0.391. The lowest BCUT2D eigenvalue weighted by molar-refractivity contribution is 0.0934. The highest BCUT2D eigenvalue weighted by molar-refractivity contribution is 9.10. The third-order valence-electron chi connectivity index (χ3n) is 6.35. The Bertz CT molecular complexity index is 830. The first-order valence-electron chi connectivity index (χ1n) is 9.57. The van der Waals surface area contributed by atoms with Crippen LogP contribution in [0.1, 0.15) is 37.3 Å². The van der Waals surface area contributed by atoms with Crippen molar-refractivity contribution in [3.8, 4) is 5.75 Å². The number of aromatic hydroxyl groups is 1. The Morgan fingerprint density at radius 1 is 1.19 bits per heavy atom. The minimum atomic E-state index is 0.122. The van der Waals surface area contributed by atoms with Crippen LogP contribution in [-0.4, -0.2) is 29.6 Å². The Balaban J connectivity index is 1.76. The van der Waals surface area contributed by atoms with Gasteiger partial charge in [0.2, 0.25) is 0 Å². The lowest BCUT2D eigenvalue weighted by Crippen LogP contribution is -2.51. The largest absolute Gasteiger partial charge is 0.508 e. The van der Waals surface area contributed by atoms with Crippen molar-refractivity contribution < 1.29 is 5.11 Å². The first-order valence-corrected chi connectivity index (χ1v) is 10.4. The van der Waals surface area contributed by atoms with Crippen molar-refractivity contribution >= 4 is 21.5 Å². The van der Waals surface area contributed by atoms with Crippen LogP contribution in [0.4, 0.5) is 0 Å². The van der Waals surface area contributed by atoms with Crippen molar-refractivity contribution in [1.82, 2.24) is 4.90 Å². The van der Waals surface area contributed by atoms with Crippen LogP contribution in [-0.2, 0) is 5.41 Å². The van der Waals surface area contributed by atoms with Gasteiger partial charge in [0.1, 0.15) is 5.75 Å². The molecule has 0 aromatic heterocycles. The number of fused-ring (bicyclic) bond motifs is 1. The average Bonchev–Trinajstić information content (AvgIpc) is 2.67. The van der Waals surface area contributed by atoms with E-state index >= 15 is 0 Å². The number of allylic oxidation sites excluding steroid dienone is 2. The minimum Gasteiger partial charge on any atom is -0.508 e. The predicted octanol–water partition coefficient (Wildman–Crippen LogP) is 5.61. The second kappa shape index (κ2) is 7.21. The van der Waals surface area contributed by atoms with Gasteiger partial charge in [-0.15, -0.1) is 0 Å². The molecule has 1 fully saturated rings. The van der Waals surface area contributed by atoms with Crippen LogP contribution in [0, 0.1) is 5.92 Å². The average molecular weight is 412 g/mol. The zero-order chi connectivity index (χ0) is 18.1. The summed E-state index contributed by atoms with van der Waals surface area (Å²) in [6, 6.07) is 16.6. The number of hydrogen-bond donors (Lipinski definition) is 1. The topological polar surface area (TPSA) is 23.5 Å². The standard InChI is InChI=1S/C23H26BrNO/c1-2-25-12-11-23(19-6-4-8-22(26)14-19)15-18(9-10-20(23)16-25)17-5-3-7-21(24)13-17/h3-9,13-14,20,26H,2,10-12,15-16H2,1H3/t20-,23+/m0/s1. The van der Waals surface area contributed by atoms with Gasteiger partial charge in [0.05, 0.1) is 0 Å². The molecule has 0 saturated carbocycles. The van der Waals surface area contributed by atoms with Crippen LogP contribution in [0.2, 0.25) is 0 Å². The number of rotatable bonds is 3. The summed E-state index contributed by atoms with van der Waals surface area (Å²) in [4.78, 5) is 2.57. The number of halogens is 1. The van der Waals surface area contributed by atoms with E-state index in [9.17, 15) is 5.11 Å². The lowest BCUT2D eigenvalue weighted by Gasteiger charge is -2.51. The number of phenols is 1. The summed E-state index contributed by atoms with van der Waals surface area (Å²) in [5.41, 5.74) is 4.18. The van der Waals surface area contributed by atoms with E-state index in [4.69, 9.17) is 0 Å². The van der Waals surface area contributed by atoms with E-state index in [1.54, 1.807) is 6.07 Å². The van der Waals surface area contributed by atoms with Gasteiger partial charge in [0.15, 0.2) is 0 Å². The first kappa shape index (κ1) is 17.8. The first-order chi connectivity index (χ1) is 12.6. The Labute approximate surface area is 164 Å². The number of likely N-dealkylation sites (tertiary alicyclic amines) is 1. The molecule has 1 aliphatic carbocycles. The van der Waals surface area contributed by atoms with Crippen LogP contribution >= 0.6 is 15.9 Å². The van der Waals surface area contributed by atoms with E-state index in [-0.39, 0.29) is 5.41 Å². The van der Waals surface area contributed by atoms with Gasteiger partial charge < -0.3 is 10.0 Å². The highest BCUT2D eigenvalue weighted by Gasteiger charge is 2.45. The highest BCUT2D eigenvalue weighted by atomic mass is 79.9. The van der Waals surface area contributed by atoms with Crippen molar-refractivity contribution in [1.29, 1.82) is 0 Å². The number of piperidine rings is 1. The third kappa shape index (κ3) is 3.23. The van der Waals surface area contributed by atoms with Crippen LogP contribution in [0.25, 0.3) is 5.57 Å². The number of phenolic OH excluding ortho intramolecular Hbond substituents is 1. The molecule has 4 rings (SSSR count). The molecule has 136 valence electrons. The van der Waals surface area contributed by atoms with Gasteiger partial charge in [0, 0.05) is 16.4 Å². The highest BCUT2D eigenvalue weighted by Crippen LogP contribution is 2.51. The molecule has 3 heteroatoms. The molecule has 0 radical (unpaired) electrons. The van der Waals surface area contributed by atoms with Gasteiger partial charge in [-0.05, 0) is 79.2 Å². The van der Waals surface area contributed by atoms with Gasteiger partial charge >= 0.3 is 0 Å². The maximum absolute atomic E-state index is 10.1. The normalized spacial score (nSPS) is 26.2. The molecule has 26 heavy (non-hydrogen) atoms. The smallest absolute Gasteiger partial charge is 0.115 e. The van der Waals surface area contributed by atoms with Crippen molar-refractivity contribution in [2.75, 3.05) is 19.6 Å². The van der Waals surface area contributed by atoms with Crippen molar-refractivity contribution in [2.24, 2.45) is 5.92 Å². The lowest BCUT2D eigenvalue weighted by atomic mass is 9.59. The van der Waals surface area contributed by atoms with E-state index < -0.39 is 0 Å². The van der Waals surface area contributed by atoms with E-state index in [2.05, 4.69) is 64.2 Å².